The summed E-state index contributed by atoms with van der Waals surface area (Å²) in [5, 5.41) is 25.6. The zero-order chi connectivity index (χ0) is 22.6. The van der Waals surface area contributed by atoms with Crippen LogP contribution in [0.1, 0.15) is 20.9 Å². The first kappa shape index (κ1) is 20.5. The molecule has 5 rings (SSSR count). The molecule has 0 saturated heterocycles. The molecular weight excluding hydrogens is 432 g/mol. The molecule has 0 spiro atoms. The van der Waals surface area contributed by atoms with Crippen molar-refractivity contribution >= 4 is 34.1 Å². The molecule has 6 nitrogen and oxygen atoms in total. The van der Waals surface area contributed by atoms with Crippen LogP contribution < -0.4 is 4.80 Å². The lowest BCUT2D eigenvalue weighted by Crippen LogP contribution is -2.14. The summed E-state index contributed by atoms with van der Waals surface area (Å²) in [4.78, 5) is 13.4. The van der Waals surface area contributed by atoms with Gasteiger partial charge in [-0.25, -0.2) is 4.68 Å². The van der Waals surface area contributed by atoms with Crippen LogP contribution >= 0.6 is 11.3 Å². The van der Waals surface area contributed by atoms with Crippen LogP contribution in [-0.4, -0.2) is 26.9 Å². The Bertz CT molecular complexity index is 1540. The summed E-state index contributed by atoms with van der Waals surface area (Å²) in [6, 6.07) is 29.7. The van der Waals surface area contributed by atoms with Crippen LogP contribution in [0.2, 0.25) is 0 Å². The van der Waals surface area contributed by atoms with Crippen LogP contribution in [0.5, 0.6) is 5.75 Å². The lowest BCUT2D eigenvalue weighted by Gasteiger charge is -2.03. The topological polar surface area (TPSA) is 79.8 Å². The van der Waals surface area contributed by atoms with Gasteiger partial charge in [0.15, 0.2) is 5.01 Å². The molecule has 0 aliphatic rings. The molecule has 0 saturated carbocycles. The van der Waals surface area contributed by atoms with E-state index in [0.29, 0.717) is 20.9 Å². The molecule has 1 N–H and O–H groups in total. The third-order valence-electron chi connectivity index (χ3n) is 5.07. The van der Waals surface area contributed by atoms with Gasteiger partial charge in [0.2, 0.25) is 10.6 Å². The monoisotopic (exact) mass is 450 g/mol. The summed E-state index contributed by atoms with van der Waals surface area (Å²) in [6.07, 6.45) is 1.52. The minimum Gasteiger partial charge on any atom is -0.507 e. The average molecular weight is 451 g/mol. The van der Waals surface area contributed by atoms with Crippen LogP contribution in [0.3, 0.4) is 0 Å². The second kappa shape index (κ2) is 9.02. The van der Waals surface area contributed by atoms with E-state index in [1.807, 2.05) is 78.9 Å². The Kier molecular flexibility index (Phi) is 5.61. The molecule has 0 atom stereocenters. The Morgan fingerprint density at radius 2 is 1.58 bits per heavy atom. The largest absolute Gasteiger partial charge is 0.507 e. The molecule has 0 radical (unpaired) electrons. The van der Waals surface area contributed by atoms with E-state index in [-0.39, 0.29) is 11.5 Å². The molecule has 1 heterocycles. The molecule has 5 aromatic rings. The minimum absolute atomic E-state index is 0.118. The molecule has 33 heavy (non-hydrogen) atoms. The highest BCUT2D eigenvalue weighted by Gasteiger charge is 2.16. The number of rotatable bonds is 5. The van der Waals surface area contributed by atoms with Crippen molar-refractivity contribution in [1.82, 2.24) is 9.78 Å². The van der Waals surface area contributed by atoms with E-state index in [0.717, 1.165) is 27.8 Å². The number of ketones is 1. The van der Waals surface area contributed by atoms with Crippen molar-refractivity contribution in [3.63, 3.8) is 0 Å². The number of para-hydroxylation sites is 1. The molecule has 1 aromatic heterocycles. The van der Waals surface area contributed by atoms with Gasteiger partial charge in [0, 0.05) is 11.1 Å². The first-order valence-corrected chi connectivity index (χ1v) is 11.1. The Hall–Kier alpha value is -4.36. The Labute approximate surface area is 193 Å². The van der Waals surface area contributed by atoms with Crippen LogP contribution in [0.4, 0.5) is 0 Å². The molecule has 0 bridgehead atoms. The number of aromatic nitrogens is 2. The number of carbonyl (C=O) groups excluding carboxylic acids is 1. The van der Waals surface area contributed by atoms with Crippen molar-refractivity contribution < 1.29 is 9.90 Å². The lowest BCUT2D eigenvalue weighted by atomic mass is 10.0. The predicted octanol–water partition coefficient (Wildman–Crippen LogP) is 4.96. The quantitative estimate of drug-likeness (QED) is 0.234. The van der Waals surface area contributed by atoms with E-state index in [4.69, 9.17) is 0 Å². The summed E-state index contributed by atoms with van der Waals surface area (Å²) in [6.45, 7) is 0. The summed E-state index contributed by atoms with van der Waals surface area (Å²) in [5.74, 6) is -0.0600. The predicted molar refractivity (Wildman–Crippen MR) is 130 cm³/mol. The minimum atomic E-state index is -0.178. The van der Waals surface area contributed by atoms with Crippen LogP contribution in [0, 0.1) is 0 Å². The molecule has 0 unspecified atom stereocenters. The third-order valence-corrected chi connectivity index (χ3v) is 5.97. The highest BCUT2D eigenvalue weighted by Crippen LogP contribution is 2.25. The summed E-state index contributed by atoms with van der Waals surface area (Å²) in [7, 11) is 0. The molecule has 160 valence electrons. The molecule has 0 amide bonds. The molecule has 7 heteroatoms. The van der Waals surface area contributed by atoms with E-state index >= 15 is 0 Å². The van der Waals surface area contributed by atoms with Gasteiger partial charge in [0.1, 0.15) is 5.75 Å². The van der Waals surface area contributed by atoms with Crippen molar-refractivity contribution in [2.45, 2.75) is 0 Å². The summed E-state index contributed by atoms with van der Waals surface area (Å²) < 4.78 is 1.60. The second-order valence-corrected chi connectivity index (χ2v) is 8.15. The van der Waals surface area contributed by atoms with Crippen LogP contribution in [0.15, 0.2) is 107 Å². The lowest BCUT2D eigenvalue weighted by molar-refractivity contribution is 0.103. The van der Waals surface area contributed by atoms with Gasteiger partial charge in [-0.3, -0.25) is 4.79 Å². The Morgan fingerprint density at radius 1 is 0.879 bits per heavy atom. The average Bonchev–Trinajstić information content (AvgIpc) is 3.30. The molecule has 4 aromatic carbocycles. The molecule has 0 aliphatic carbocycles. The van der Waals surface area contributed by atoms with Crippen molar-refractivity contribution in [3.8, 4) is 11.4 Å². The molecule has 0 fully saturated rings. The number of phenolic OH excluding ortho intramolecular Hbond substituents is 1. The number of aromatic hydroxyl groups is 1. The number of benzene rings is 4. The maximum absolute atomic E-state index is 13.0. The van der Waals surface area contributed by atoms with Gasteiger partial charge < -0.3 is 5.11 Å². The first-order chi connectivity index (χ1) is 16.2. The van der Waals surface area contributed by atoms with Crippen molar-refractivity contribution in [1.29, 1.82) is 0 Å². The number of hydrogen-bond acceptors (Lipinski definition) is 6. The molecule has 0 aliphatic heterocycles. The summed E-state index contributed by atoms with van der Waals surface area (Å²) >= 11 is 1.16. The van der Waals surface area contributed by atoms with Gasteiger partial charge >= 0.3 is 0 Å². The smallest absolute Gasteiger partial charge is 0.233 e. The van der Waals surface area contributed by atoms with Gasteiger partial charge in [0.25, 0.3) is 0 Å². The number of phenols is 1. The SMILES string of the molecule is O=C(c1ccccc1)c1nn(-c2ccccc2)/c(=N/N=C/c2c(O)ccc3ccccc23)s1. The number of nitrogens with zero attached hydrogens (tertiary/aromatic N) is 4. The van der Waals surface area contributed by atoms with Crippen molar-refractivity contribution in [3.05, 3.63) is 118 Å². The number of carbonyl (C=O) groups is 1. The first-order valence-electron chi connectivity index (χ1n) is 10.2. The van der Waals surface area contributed by atoms with Crippen LogP contribution in [-0.2, 0) is 0 Å². The van der Waals surface area contributed by atoms with Crippen molar-refractivity contribution in [2.75, 3.05) is 0 Å². The fourth-order valence-electron chi connectivity index (χ4n) is 3.44. The van der Waals surface area contributed by atoms with E-state index in [1.54, 1.807) is 22.9 Å². The standard InChI is InChI=1S/C26H18N4O2S/c31-23-16-15-18-9-7-8-14-21(18)22(23)17-27-28-26-30(20-12-5-2-6-13-20)29-25(33-26)24(32)19-10-3-1-4-11-19/h1-17,31H/b27-17+,28-26-. The summed E-state index contributed by atoms with van der Waals surface area (Å²) in [5.41, 5.74) is 1.90. The van der Waals surface area contributed by atoms with Crippen LogP contribution in [0.25, 0.3) is 16.5 Å². The maximum Gasteiger partial charge on any atom is 0.233 e. The van der Waals surface area contributed by atoms with E-state index in [2.05, 4.69) is 15.3 Å². The Balaban J connectivity index is 1.59. The third kappa shape index (κ3) is 4.22. The zero-order valence-corrected chi connectivity index (χ0v) is 18.2. The van der Waals surface area contributed by atoms with Gasteiger partial charge in [-0.1, -0.05) is 90.2 Å². The number of fused-ring (bicyclic) bond motifs is 1. The Morgan fingerprint density at radius 3 is 2.36 bits per heavy atom. The van der Waals surface area contributed by atoms with Gasteiger partial charge in [-0.2, -0.15) is 10.2 Å². The van der Waals surface area contributed by atoms with Crippen molar-refractivity contribution in [2.24, 2.45) is 10.2 Å². The van der Waals surface area contributed by atoms with Gasteiger partial charge in [0.05, 0.1) is 11.9 Å². The normalized spacial score (nSPS) is 11.9. The number of hydrogen-bond donors (Lipinski definition) is 1. The van der Waals surface area contributed by atoms with Gasteiger partial charge in [-0.05, 0) is 29.0 Å². The highest BCUT2D eigenvalue weighted by atomic mass is 32.1. The zero-order valence-electron chi connectivity index (χ0n) is 17.4. The van der Waals surface area contributed by atoms with E-state index in [9.17, 15) is 9.90 Å². The second-order valence-electron chi connectivity index (χ2n) is 7.20. The van der Waals surface area contributed by atoms with Gasteiger partial charge in [-0.15, -0.1) is 5.10 Å². The fourth-order valence-corrected chi connectivity index (χ4v) is 4.27. The molecular formula is C26H18N4O2S. The highest BCUT2D eigenvalue weighted by molar-refractivity contribution is 7.11. The van der Waals surface area contributed by atoms with E-state index < -0.39 is 0 Å². The maximum atomic E-state index is 13.0. The van der Waals surface area contributed by atoms with E-state index in [1.165, 1.54) is 6.21 Å². The fraction of sp³-hybridized carbons (Fsp3) is 0.